The molecule has 2 aliphatic heterocycles. The highest BCUT2D eigenvalue weighted by atomic mass is 16.5. The fourth-order valence-corrected chi connectivity index (χ4v) is 3.85. The highest BCUT2D eigenvalue weighted by Crippen LogP contribution is 2.36. The molecule has 1 fully saturated rings. The van der Waals surface area contributed by atoms with Crippen LogP contribution in [0.25, 0.3) is 0 Å². The number of nitrogens with zero attached hydrogens (tertiary/aromatic N) is 2. The van der Waals surface area contributed by atoms with Crippen LogP contribution in [0.5, 0.6) is 0 Å². The van der Waals surface area contributed by atoms with E-state index in [1.54, 1.807) is 0 Å². The Hall–Kier alpha value is -1.65. The van der Waals surface area contributed by atoms with Crippen LogP contribution in [0.2, 0.25) is 0 Å². The van der Waals surface area contributed by atoms with Gasteiger partial charge in [-0.05, 0) is 25.3 Å². The van der Waals surface area contributed by atoms with Gasteiger partial charge in [0, 0.05) is 38.4 Å². The van der Waals surface area contributed by atoms with Crippen molar-refractivity contribution in [3.63, 3.8) is 0 Å². The average molecular weight is 297 g/mol. The van der Waals surface area contributed by atoms with Crippen LogP contribution in [0.15, 0.2) is 30.6 Å². The largest absolute Gasteiger partial charge is 0.381 e. The molecule has 1 aromatic heterocycles. The highest BCUT2D eigenvalue weighted by molar-refractivity contribution is 5.29. The van der Waals surface area contributed by atoms with E-state index in [9.17, 15) is 0 Å². The van der Waals surface area contributed by atoms with Gasteiger partial charge in [-0.25, -0.2) is 4.98 Å². The molecule has 22 heavy (non-hydrogen) atoms. The minimum atomic E-state index is 0.0453. The summed E-state index contributed by atoms with van der Waals surface area (Å²) >= 11 is 0. The monoisotopic (exact) mass is 297 g/mol. The SMILES string of the molecule is Cc1cccc(Cn2cnc3c2CCNC32CCOCC2)c1. The zero-order chi connectivity index (χ0) is 15.0. The van der Waals surface area contributed by atoms with Gasteiger partial charge >= 0.3 is 0 Å². The lowest BCUT2D eigenvalue weighted by Crippen LogP contribution is -2.51. The Labute approximate surface area is 131 Å². The number of imidazole rings is 1. The van der Waals surface area contributed by atoms with Crippen molar-refractivity contribution < 1.29 is 4.74 Å². The molecule has 4 rings (SSSR count). The first-order valence-corrected chi connectivity index (χ1v) is 8.20. The third-order valence-electron chi connectivity index (χ3n) is 5.01. The van der Waals surface area contributed by atoms with E-state index in [-0.39, 0.29) is 5.54 Å². The van der Waals surface area contributed by atoms with Gasteiger partial charge in [0.15, 0.2) is 0 Å². The van der Waals surface area contributed by atoms with Gasteiger partial charge in [0.2, 0.25) is 0 Å². The molecule has 0 radical (unpaired) electrons. The van der Waals surface area contributed by atoms with Gasteiger partial charge in [0.05, 0.1) is 17.6 Å². The molecule has 0 atom stereocenters. The number of fused-ring (bicyclic) bond motifs is 2. The van der Waals surface area contributed by atoms with E-state index in [4.69, 9.17) is 9.72 Å². The van der Waals surface area contributed by atoms with Gasteiger partial charge in [0.25, 0.3) is 0 Å². The predicted molar refractivity (Wildman–Crippen MR) is 85.9 cm³/mol. The van der Waals surface area contributed by atoms with Crippen molar-refractivity contribution in [2.45, 2.75) is 38.3 Å². The summed E-state index contributed by atoms with van der Waals surface area (Å²) in [5.74, 6) is 0. The number of rotatable bonds is 2. The Kier molecular flexibility index (Phi) is 3.51. The molecule has 0 saturated carbocycles. The second-order valence-electron chi connectivity index (χ2n) is 6.53. The predicted octanol–water partition coefficient (Wildman–Crippen LogP) is 2.39. The second-order valence-corrected chi connectivity index (χ2v) is 6.53. The fourth-order valence-electron chi connectivity index (χ4n) is 3.85. The third-order valence-corrected chi connectivity index (χ3v) is 5.01. The summed E-state index contributed by atoms with van der Waals surface area (Å²) in [7, 11) is 0. The van der Waals surface area contributed by atoms with Crippen LogP contribution in [0, 0.1) is 6.92 Å². The molecule has 0 amide bonds. The highest BCUT2D eigenvalue weighted by Gasteiger charge is 2.40. The molecule has 2 aliphatic rings. The average Bonchev–Trinajstić information content (AvgIpc) is 2.93. The van der Waals surface area contributed by atoms with Crippen molar-refractivity contribution in [1.29, 1.82) is 0 Å². The van der Waals surface area contributed by atoms with Crippen molar-refractivity contribution in [3.8, 4) is 0 Å². The van der Waals surface area contributed by atoms with Gasteiger partial charge in [0.1, 0.15) is 0 Å². The minimum absolute atomic E-state index is 0.0453. The lowest BCUT2D eigenvalue weighted by molar-refractivity contribution is 0.0322. The second kappa shape index (κ2) is 5.52. The lowest BCUT2D eigenvalue weighted by Gasteiger charge is -2.40. The van der Waals surface area contributed by atoms with Gasteiger partial charge in [-0.15, -0.1) is 0 Å². The molecule has 2 aromatic rings. The summed E-state index contributed by atoms with van der Waals surface area (Å²) < 4.78 is 7.89. The van der Waals surface area contributed by atoms with Gasteiger partial charge < -0.3 is 14.6 Å². The number of ether oxygens (including phenoxy) is 1. The molecule has 1 saturated heterocycles. The molecule has 4 heteroatoms. The maximum absolute atomic E-state index is 5.55. The van der Waals surface area contributed by atoms with Crippen molar-refractivity contribution in [2.75, 3.05) is 19.8 Å². The first kappa shape index (κ1) is 14.0. The molecule has 3 heterocycles. The zero-order valence-corrected chi connectivity index (χ0v) is 13.1. The van der Waals surface area contributed by atoms with Crippen LogP contribution in [-0.2, 0) is 23.2 Å². The summed E-state index contributed by atoms with van der Waals surface area (Å²) in [5, 5.41) is 3.72. The molecule has 116 valence electrons. The molecular weight excluding hydrogens is 274 g/mol. The Balaban J connectivity index is 1.66. The molecular formula is C18H23N3O. The Morgan fingerprint density at radius 2 is 2.18 bits per heavy atom. The van der Waals surface area contributed by atoms with E-state index < -0.39 is 0 Å². The van der Waals surface area contributed by atoms with Gasteiger partial charge in [-0.2, -0.15) is 0 Å². The molecule has 1 N–H and O–H groups in total. The first-order chi connectivity index (χ1) is 10.8. The van der Waals surface area contributed by atoms with E-state index in [1.165, 1.54) is 22.5 Å². The maximum atomic E-state index is 5.55. The molecule has 0 aliphatic carbocycles. The smallest absolute Gasteiger partial charge is 0.0955 e. The fraction of sp³-hybridized carbons (Fsp3) is 0.500. The number of nitrogens with one attached hydrogen (secondary N) is 1. The van der Waals surface area contributed by atoms with E-state index in [1.807, 2.05) is 6.33 Å². The van der Waals surface area contributed by atoms with Gasteiger partial charge in [-0.3, -0.25) is 0 Å². The number of aryl methyl sites for hydroxylation is 1. The van der Waals surface area contributed by atoms with Crippen molar-refractivity contribution in [3.05, 3.63) is 53.1 Å². The summed E-state index contributed by atoms with van der Waals surface area (Å²) in [4.78, 5) is 4.80. The van der Waals surface area contributed by atoms with Crippen LogP contribution in [0.1, 0.15) is 35.4 Å². The van der Waals surface area contributed by atoms with Crippen LogP contribution >= 0.6 is 0 Å². The molecule has 4 nitrogen and oxygen atoms in total. The van der Waals surface area contributed by atoms with Crippen LogP contribution in [-0.4, -0.2) is 29.3 Å². The van der Waals surface area contributed by atoms with Crippen LogP contribution in [0.3, 0.4) is 0 Å². The Morgan fingerprint density at radius 1 is 1.32 bits per heavy atom. The van der Waals surface area contributed by atoms with Crippen LogP contribution in [0.4, 0.5) is 0 Å². The Morgan fingerprint density at radius 3 is 3.00 bits per heavy atom. The normalized spacial score (nSPS) is 20.0. The quantitative estimate of drug-likeness (QED) is 0.925. The van der Waals surface area contributed by atoms with Gasteiger partial charge in [-0.1, -0.05) is 29.8 Å². The molecule has 1 aromatic carbocycles. The van der Waals surface area contributed by atoms with E-state index in [0.717, 1.165) is 45.6 Å². The van der Waals surface area contributed by atoms with Crippen molar-refractivity contribution in [2.24, 2.45) is 0 Å². The summed E-state index contributed by atoms with van der Waals surface area (Å²) in [6.45, 7) is 5.76. The first-order valence-electron chi connectivity index (χ1n) is 8.20. The Bertz CT molecular complexity index is 671. The van der Waals surface area contributed by atoms with Crippen LogP contribution < -0.4 is 5.32 Å². The molecule has 0 unspecified atom stereocenters. The standard InChI is InChI=1S/C18H23N3O/c1-14-3-2-4-15(11-14)12-21-13-19-17-16(21)5-8-20-18(17)6-9-22-10-7-18/h2-4,11,13,20H,5-10,12H2,1H3. The molecule has 0 bridgehead atoms. The number of aromatic nitrogens is 2. The summed E-state index contributed by atoms with van der Waals surface area (Å²) in [6, 6.07) is 8.74. The topological polar surface area (TPSA) is 39.1 Å². The van der Waals surface area contributed by atoms with E-state index in [0.29, 0.717) is 0 Å². The summed E-state index contributed by atoms with van der Waals surface area (Å²) in [6.07, 6.45) is 5.14. The number of hydrogen-bond donors (Lipinski definition) is 1. The molecule has 1 spiro atoms. The minimum Gasteiger partial charge on any atom is -0.381 e. The zero-order valence-electron chi connectivity index (χ0n) is 13.1. The van der Waals surface area contributed by atoms with E-state index >= 15 is 0 Å². The van der Waals surface area contributed by atoms with Crippen molar-refractivity contribution >= 4 is 0 Å². The lowest BCUT2D eigenvalue weighted by atomic mass is 9.82. The maximum Gasteiger partial charge on any atom is 0.0955 e. The number of hydrogen-bond acceptors (Lipinski definition) is 3. The summed E-state index contributed by atoms with van der Waals surface area (Å²) in [5.41, 5.74) is 5.37. The third kappa shape index (κ3) is 2.36. The number of benzene rings is 1. The van der Waals surface area contributed by atoms with E-state index in [2.05, 4.69) is 41.1 Å². The van der Waals surface area contributed by atoms with Crippen molar-refractivity contribution in [1.82, 2.24) is 14.9 Å².